The molecule has 2 aromatic carbocycles. The number of nitrogens with one attached hydrogen (secondary N) is 1. The Hall–Kier alpha value is -3.19. The van der Waals surface area contributed by atoms with Crippen LogP contribution < -0.4 is 16.0 Å². The Morgan fingerprint density at radius 1 is 1.15 bits per heavy atom. The van der Waals surface area contributed by atoms with E-state index in [1.54, 1.807) is 0 Å². The molecule has 0 spiro atoms. The first kappa shape index (κ1) is 16.0. The van der Waals surface area contributed by atoms with Crippen molar-refractivity contribution < 1.29 is 4.42 Å². The summed E-state index contributed by atoms with van der Waals surface area (Å²) < 4.78 is 5.61. The molecule has 1 aliphatic heterocycles. The fraction of sp³-hybridized carbons (Fsp3) is 0.250. The van der Waals surface area contributed by atoms with Crippen molar-refractivity contribution in [3.8, 4) is 11.1 Å². The van der Waals surface area contributed by atoms with Crippen molar-refractivity contribution in [1.29, 1.82) is 0 Å². The summed E-state index contributed by atoms with van der Waals surface area (Å²) in [5.41, 5.74) is 10.9. The summed E-state index contributed by atoms with van der Waals surface area (Å²) in [6, 6.07) is 12.5. The SMILES string of the molecule is CC1CN(c2cnc3ccc(-c4cccc5nc(N)oc45)cc3n2)CCN1. The molecule has 7 nitrogen and oxygen atoms in total. The van der Waals surface area contributed by atoms with E-state index in [0.29, 0.717) is 11.6 Å². The van der Waals surface area contributed by atoms with Crippen LogP contribution in [0.3, 0.4) is 0 Å². The summed E-state index contributed by atoms with van der Waals surface area (Å²) in [5, 5.41) is 3.45. The summed E-state index contributed by atoms with van der Waals surface area (Å²) in [7, 11) is 0. The molecule has 5 rings (SSSR count). The van der Waals surface area contributed by atoms with Gasteiger partial charge in [0.15, 0.2) is 5.58 Å². The van der Waals surface area contributed by atoms with Crippen molar-refractivity contribution in [2.24, 2.45) is 0 Å². The van der Waals surface area contributed by atoms with E-state index in [0.717, 1.165) is 53.1 Å². The fourth-order valence-corrected chi connectivity index (χ4v) is 3.66. The van der Waals surface area contributed by atoms with Crippen molar-refractivity contribution in [2.45, 2.75) is 13.0 Å². The lowest BCUT2D eigenvalue weighted by molar-refractivity contribution is 0.482. The Morgan fingerprint density at radius 3 is 2.96 bits per heavy atom. The second kappa shape index (κ2) is 6.21. The average molecular weight is 360 g/mol. The molecule has 0 bridgehead atoms. The van der Waals surface area contributed by atoms with Gasteiger partial charge in [0.1, 0.15) is 11.3 Å². The van der Waals surface area contributed by atoms with Crippen LogP contribution in [0.4, 0.5) is 11.8 Å². The lowest BCUT2D eigenvalue weighted by atomic mass is 10.0. The Morgan fingerprint density at radius 2 is 2.07 bits per heavy atom. The molecule has 136 valence electrons. The first-order valence-corrected chi connectivity index (χ1v) is 9.08. The molecule has 0 amide bonds. The highest BCUT2D eigenvalue weighted by Gasteiger charge is 2.18. The van der Waals surface area contributed by atoms with Crippen LogP contribution in [0.5, 0.6) is 0 Å². The van der Waals surface area contributed by atoms with Gasteiger partial charge in [-0.25, -0.2) is 4.98 Å². The molecule has 1 atom stereocenters. The minimum atomic E-state index is 0.174. The Balaban J connectivity index is 1.59. The number of piperazine rings is 1. The summed E-state index contributed by atoms with van der Waals surface area (Å²) in [5.74, 6) is 0.912. The van der Waals surface area contributed by atoms with Gasteiger partial charge in [-0.2, -0.15) is 4.98 Å². The van der Waals surface area contributed by atoms with Crippen LogP contribution in [0.1, 0.15) is 6.92 Å². The number of nitrogens with zero attached hydrogens (tertiary/aromatic N) is 4. The molecule has 3 N–H and O–H groups in total. The van der Waals surface area contributed by atoms with Crippen molar-refractivity contribution in [3.63, 3.8) is 0 Å². The fourth-order valence-electron chi connectivity index (χ4n) is 3.66. The van der Waals surface area contributed by atoms with Gasteiger partial charge < -0.3 is 20.4 Å². The number of para-hydroxylation sites is 1. The minimum absolute atomic E-state index is 0.174. The normalized spacial score (nSPS) is 17.7. The summed E-state index contributed by atoms with van der Waals surface area (Å²) in [4.78, 5) is 16.0. The first-order chi connectivity index (χ1) is 13.2. The number of aromatic nitrogens is 3. The summed E-state index contributed by atoms with van der Waals surface area (Å²) in [6.45, 7) is 5.00. The molecule has 0 aliphatic carbocycles. The Kier molecular flexibility index (Phi) is 3.68. The van der Waals surface area contributed by atoms with E-state index in [2.05, 4.69) is 27.1 Å². The predicted octanol–water partition coefficient (Wildman–Crippen LogP) is 2.82. The zero-order valence-corrected chi connectivity index (χ0v) is 15.0. The smallest absolute Gasteiger partial charge is 0.293 e. The van der Waals surface area contributed by atoms with E-state index < -0.39 is 0 Å². The molecule has 27 heavy (non-hydrogen) atoms. The lowest BCUT2D eigenvalue weighted by Crippen LogP contribution is -2.49. The number of nitrogen functional groups attached to an aromatic ring is 1. The topological polar surface area (TPSA) is 93.1 Å². The molecule has 1 fully saturated rings. The van der Waals surface area contributed by atoms with Gasteiger partial charge in [-0.05, 0) is 30.7 Å². The predicted molar refractivity (Wildman–Crippen MR) is 107 cm³/mol. The standard InChI is InChI=1S/C20H20N6O/c1-12-11-26(8-7-22-12)18-10-23-15-6-5-13(9-17(15)24-18)14-3-2-4-16-19(14)27-20(21)25-16/h2-6,9-10,12,22H,7-8,11H2,1H3,(H2,21,25). The van der Waals surface area contributed by atoms with Crippen LogP contribution >= 0.6 is 0 Å². The van der Waals surface area contributed by atoms with Gasteiger partial charge in [-0.15, -0.1) is 0 Å². The van der Waals surface area contributed by atoms with E-state index in [1.165, 1.54) is 0 Å². The first-order valence-electron chi connectivity index (χ1n) is 9.08. The number of nitrogens with two attached hydrogens (primary N) is 1. The molecule has 1 unspecified atom stereocenters. The quantitative estimate of drug-likeness (QED) is 0.568. The number of hydrogen-bond acceptors (Lipinski definition) is 7. The van der Waals surface area contributed by atoms with Crippen LogP contribution in [0.25, 0.3) is 33.3 Å². The van der Waals surface area contributed by atoms with Crippen LogP contribution in [0, 0.1) is 0 Å². The monoisotopic (exact) mass is 360 g/mol. The van der Waals surface area contributed by atoms with E-state index in [1.807, 2.05) is 42.6 Å². The maximum Gasteiger partial charge on any atom is 0.293 e. The molecular formula is C20H20N6O. The van der Waals surface area contributed by atoms with Gasteiger partial charge in [-0.3, -0.25) is 4.98 Å². The van der Waals surface area contributed by atoms with Crippen LogP contribution in [-0.2, 0) is 0 Å². The van der Waals surface area contributed by atoms with Crippen LogP contribution in [0.2, 0.25) is 0 Å². The molecule has 3 heterocycles. The maximum absolute atomic E-state index is 5.73. The highest BCUT2D eigenvalue weighted by molar-refractivity contribution is 5.93. The van der Waals surface area contributed by atoms with Gasteiger partial charge in [0.25, 0.3) is 6.01 Å². The highest BCUT2D eigenvalue weighted by atomic mass is 16.4. The van der Waals surface area contributed by atoms with Crippen LogP contribution in [-0.4, -0.2) is 40.6 Å². The average Bonchev–Trinajstić information content (AvgIpc) is 3.07. The third kappa shape index (κ3) is 2.86. The third-order valence-corrected chi connectivity index (χ3v) is 4.96. The molecule has 7 heteroatoms. The Labute approximate surface area is 156 Å². The van der Waals surface area contributed by atoms with Gasteiger partial charge in [-0.1, -0.05) is 18.2 Å². The van der Waals surface area contributed by atoms with Gasteiger partial charge in [0, 0.05) is 31.2 Å². The summed E-state index contributed by atoms with van der Waals surface area (Å²) >= 11 is 0. The zero-order valence-electron chi connectivity index (χ0n) is 15.0. The van der Waals surface area contributed by atoms with Gasteiger partial charge >= 0.3 is 0 Å². The van der Waals surface area contributed by atoms with E-state index in [-0.39, 0.29) is 6.01 Å². The maximum atomic E-state index is 5.73. The van der Waals surface area contributed by atoms with Gasteiger partial charge in [0.2, 0.25) is 0 Å². The van der Waals surface area contributed by atoms with Crippen molar-refractivity contribution in [1.82, 2.24) is 20.3 Å². The number of fused-ring (bicyclic) bond motifs is 2. The van der Waals surface area contributed by atoms with Crippen molar-refractivity contribution >= 4 is 34.0 Å². The Bertz CT molecular complexity index is 1140. The number of hydrogen-bond donors (Lipinski definition) is 2. The lowest BCUT2D eigenvalue weighted by Gasteiger charge is -2.32. The second-order valence-electron chi connectivity index (χ2n) is 6.94. The number of benzene rings is 2. The van der Waals surface area contributed by atoms with E-state index in [9.17, 15) is 0 Å². The van der Waals surface area contributed by atoms with E-state index >= 15 is 0 Å². The van der Waals surface area contributed by atoms with Crippen LogP contribution in [0.15, 0.2) is 47.0 Å². The molecule has 1 saturated heterocycles. The molecule has 2 aromatic heterocycles. The molecular weight excluding hydrogens is 340 g/mol. The number of oxazole rings is 1. The third-order valence-electron chi connectivity index (χ3n) is 4.96. The zero-order chi connectivity index (χ0) is 18.4. The largest absolute Gasteiger partial charge is 0.423 e. The molecule has 1 aliphatic rings. The highest BCUT2D eigenvalue weighted by Crippen LogP contribution is 2.31. The van der Waals surface area contributed by atoms with Crippen molar-refractivity contribution in [3.05, 3.63) is 42.6 Å². The summed E-state index contributed by atoms with van der Waals surface area (Å²) in [6.07, 6.45) is 1.86. The van der Waals surface area contributed by atoms with Gasteiger partial charge in [0.05, 0.1) is 17.2 Å². The van der Waals surface area contributed by atoms with Crippen molar-refractivity contribution in [2.75, 3.05) is 30.3 Å². The number of rotatable bonds is 2. The molecule has 0 radical (unpaired) electrons. The molecule has 0 saturated carbocycles. The van der Waals surface area contributed by atoms with E-state index in [4.69, 9.17) is 15.1 Å². The number of anilines is 2. The molecule has 4 aromatic rings. The second-order valence-corrected chi connectivity index (χ2v) is 6.94. The minimum Gasteiger partial charge on any atom is -0.423 e.